The van der Waals surface area contributed by atoms with Crippen LogP contribution in [0.3, 0.4) is 0 Å². The minimum absolute atomic E-state index is 0.0275. The Hall–Kier alpha value is -1.56. The molecule has 2 unspecified atom stereocenters. The molecule has 142 valence electrons. The average Bonchev–Trinajstić information content (AvgIpc) is 2.53. The van der Waals surface area contributed by atoms with Gasteiger partial charge in [-0.05, 0) is 53.2 Å². The standard InChI is InChI=1S/C19H33N3O2S/c1-7-20-18(21-12-13-25(23)19(4,5)6)22-14-16(3)24-17-11-9-8-10-15(17)2/h8-11,16H,7,12-14H2,1-6H3,(H2,20,21,22). The van der Waals surface area contributed by atoms with Crippen LogP contribution in [0.1, 0.15) is 40.2 Å². The van der Waals surface area contributed by atoms with E-state index in [1.807, 2.05) is 65.8 Å². The summed E-state index contributed by atoms with van der Waals surface area (Å²) in [6.45, 7) is 14.0. The summed E-state index contributed by atoms with van der Waals surface area (Å²) in [5.41, 5.74) is 1.12. The van der Waals surface area contributed by atoms with E-state index >= 15 is 0 Å². The van der Waals surface area contributed by atoms with Gasteiger partial charge < -0.3 is 15.4 Å². The highest BCUT2D eigenvalue weighted by Crippen LogP contribution is 2.17. The summed E-state index contributed by atoms with van der Waals surface area (Å²) in [7, 11) is -0.870. The van der Waals surface area contributed by atoms with E-state index in [0.29, 0.717) is 18.8 Å². The lowest BCUT2D eigenvalue weighted by atomic mass is 10.2. The Balaban J connectivity index is 2.51. The van der Waals surface area contributed by atoms with Gasteiger partial charge in [-0.15, -0.1) is 0 Å². The normalized spacial score (nSPS) is 14.7. The zero-order valence-electron chi connectivity index (χ0n) is 16.4. The van der Waals surface area contributed by atoms with E-state index in [9.17, 15) is 4.21 Å². The molecule has 0 saturated carbocycles. The molecule has 0 aromatic heterocycles. The predicted octanol–water partition coefficient (Wildman–Crippen LogP) is 2.86. The Morgan fingerprint density at radius 2 is 1.96 bits per heavy atom. The van der Waals surface area contributed by atoms with Crippen LogP contribution in [0, 0.1) is 6.92 Å². The third kappa shape index (κ3) is 8.38. The van der Waals surface area contributed by atoms with Crippen molar-refractivity contribution in [3.05, 3.63) is 29.8 Å². The number of ether oxygens (including phenoxy) is 1. The van der Waals surface area contributed by atoms with Gasteiger partial charge in [0.15, 0.2) is 5.96 Å². The first kappa shape index (κ1) is 21.5. The zero-order chi connectivity index (χ0) is 18.9. The molecular formula is C19H33N3O2S. The Bertz CT molecular complexity index is 582. The van der Waals surface area contributed by atoms with Gasteiger partial charge in [0.2, 0.25) is 0 Å². The van der Waals surface area contributed by atoms with Crippen molar-refractivity contribution in [2.24, 2.45) is 4.99 Å². The van der Waals surface area contributed by atoms with E-state index < -0.39 is 10.8 Å². The fourth-order valence-corrected chi connectivity index (χ4v) is 2.97. The van der Waals surface area contributed by atoms with E-state index in [0.717, 1.165) is 23.8 Å². The molecule has 5 nitrogen and oxygen atoms in total. The lowest BCUT2D eigenvalue weighted by Crippen LogP contribution is -2.41. The van der Waals surface area contributed by atoms with Crippen molar-refractivity contribution in [2.45, 2.75) is 52.4 Å². The van der Waals surface area contributed by atoms with Gasteiger partial charge in [-0.3, -0.25) is 4.21 Å². The number of benzene rings is 1. The molecule has 0 aliphatic carbocycles. The number of rotatable bonds is 8. The molecule has 0 amide bonds. The van der Waals surface area contributed by atoms with Crippen molar-refractivity contribution in [2.75, 3.05) is 25.4 Å². The summed E-state index contributed by atoms with van der Waals surface area (Å²) in [5, 5.41) is 6.45. The van der Waals surface area contributed by atoms with Crippen LogP contribution in [0.2, 0.25) is 0 Å². The second-order valence-corrected chi connectivity index (χ2v) is 9.33. The number of aliphatic imine (C=N–C) groups is 1. The molecule has 0 saturated heterocycles. The maximum absolute atomic E-state index is 12.1. The zero-order valence-corrected chi connectivity index (χ0v) is 17.2. The lowest BCUT2D eigenvalue weighted by molar-refractivity contribution is 0.228. The van der Waals surface area contributed by atoms with E-state index in [-0.39, 0.29) is 10.9 Å². The van der Waals surface area contributed by atoms with Crippen LogP contribution < -0.4 is 15.4 Å². The van der Waals surface area contributed by atoms with Crippen LogP contribution in [-0.2, 0) is 10.8 Å². The topological polar surface area (TPSA) is 62.7 Å². The first-order valence-electron chi connectivity index (χ1n) is 8.87. The fourth-order valence-electron chi connectivity index (χ4n) is 2.07. The predicted molar refractivity (Wildman–Crippen MR) is 108 cm³/mol. The van der Waals surface area contributed by atoms with Crippen LogP contribution in [0.4, 0.5) is 0 Å². The van der Waals surface area contributed by atoms with Gasteiger partial charge in [0.25, 0.3) is 0 Å². The van der Waals surface area contributed by atoms with Crippen LogP contribution in [0.15, 0.2) is 29.3 Å². The molecule has 0 aliphatic rings. The number of nitrogens with zero attached hydrogens (tertiary/aromatic N) is 1. The van der Waals surface area contributed by atoms with Crippen LogP contribution >= 0.6 is 0 Å². The van der Waals surface area contributed by atoms with Crippen molar-refractivity contribution >= 4 is 16.8 Å². The minimum atomic E-state index is -0.870. The van der Waals surface area contributed by atoms with Crippen molar-refractivity contribution in [3.8, 4) is 5.75 Å². The lowest BCUT2D eigenvalue weighted by Gasteiger charge is -2.19. The molecule has 0 spiro atoms. The quantitative estimate of drug-likeness (QED) is 0.548. The van der Waals surface area contributed by atoms with Gasteiger partial charge >= 0.3 is 0 Å². The van der Waals surface area contributed by atoms with E-state index in [4.69, 9.17) is 4.74 Å². The third-order valence-corrected chi connectivity index (χ3v) is 5.48. The van der Waals surface area contributed by atoms with Crippen molar-refractivity contribution < 1.29 is 8.95 Å². The number of guanidine groups is 1. The molecule has 6 heteroatoms. The van der Waals surface area contributed by atoms with E-state index in [2.05, 4.69) is 15.6 Å². The van der Waals surface area contributed by atoms with E-state index in [1.165, 1.54) is 0 Å². The van der Waals surface area contributed by atoms with Gasteiger partial charge in [-0.25, -0.2) is 4.99 Å². The summed E-state index contributed by atoms with van der Waals surface area (Å²) in [4.78, 5) is 4.57. The number of aryl methyl sites for hydroxylation is 1. The highest BCUT2D eigenvalue weighted by Gasteiger charge is 2.18. The van der Waals surface area contributed by atoms with Crippen molar-refractivity contribution in [3.63, 3.8) is 0 Å². The Morgan fingerprint density at radius 3 is 2.56 bits per heavy atom. The molecule has 1 rings (SSSR count). The minimum Gasteiger partial charge on any atom is -0.489 e. The van der Waals surface area contributed by atoms with Gasteiger partial charge in [0.05, 0.1) is 6.54 Å². The molecule has 25 heavy (non-hydrogen) atoms. The molecule has 1 aromatic carbocycles. The monoisotopic (exact) mass is 367 g/mol. The Labute approximate surface area is 155 Å². The molecule has 1 aromatic rings. The fraction of sp³-hybridized carbons (Fsp3) is 0.632. The highest BCUT2D eigenvalue weighted by atomic mass is 32.2. The molecule has 0 bridgehead atoms. The number of hydrogen-bond acceptors (Lipinski definition) is 3. The summed E-state index contributed by atoms with van der Waals surface area (Å²) in [6.07, 6.45) is -0.0275. The van der Waals surface area contributed by atoms with Crippen LogP contribution in [0.5, 0.6) is 5.75 Å². The van der Waals surface area contributed by atoms with Crippen molar-refractivity contribution in [1.29, 1.82) is 0 Å². The first-order valence-corrected chi connectivity index (χ1v) is 10.2. The maximum Gasteiger partial charge on any atom is 0.191 e. The highest BCUT2D eigenvalue weighted by molar-refractivity contribution is 7.86. The molecule has 2 atom stereocenters. The number of para-hydroxylation sites is 1. The van der Waals surface area contributed by atoms with Gasteiger partial charge in [-0.1, -0.05) is 18.2 Å². The largest absolute Gasteiger partial charge is 0.489 e. The van der Waals surface area contributed by atoms with Crippen molar-refractivity contribution in [1.82, 2.24) is 10.6 Å². The Kier molecular flexibility index (Phi) is 8.97. The SMILES string of the molecule is CCNC(=NCC(C)Oc1ccccc1C)NCCS(=O)C(C)(C)C. The van der Waals surface area contributed by atoms with Crippen LogP contribution in [-0.4, -0.2) is 46.4 Å². The van der Waals surface area contributed by atoms with Gasteiger partial charge in [-0.2, -0.15) is 0 Å². The molecule has 0 heterocycles. The molecule has 0 aliphatic heterocycles. The number of nitrogens with one attached hydrogen (secondary N) is 2. The second kappa shape index (κ2) is 10.4. The van der Waals surface area contributed by atoms with Crippen LogP contribution in [0.25, 0.3) is 0 Å². The first-order chi connectivity index (χ1) is 11.7. The Morgan fingerprint density at radius 1 is 1.28 bits per heavy atom. The summed E-state index contributed by atoms with van der Waals surface area (Å²) >= 11 is 0. The average molecular weight is 368 g/mol. The summed E-state index contributed by atoms with van der Waals surface area (Å²) in [6, 6.07) is 7.98. The van der Waals surface area contributed by atoms with Gasteiger partial charge in [0, 0.05) is 34.4 Å². The maximum atomic E-state index is 12.1. The molecule has 2 N–H and O–H groups in total. The van der Waals surface area contributed by atoms with E-state index in [1.54, 1.807) is 0 Å². The molecular weight excluding hydrogens is 334 g/mol. The van der Waals surface area contributed by atoms with Gasteiger partial charge in [0.1, 0.15) is 11.9 Å². The number of hydrogen-bond donors (Lipinski definition) is 2. The molecule has 0 radical (unpaired) electrons. The summed E-state index contributed by atoms with van der Waals surface area (Å²) in [5.74, 6) is 2.22. The smallest absolute Gasteiger partial charge is 0.191 e. The third-order valence-electron chi connectivity index (χ3n) is 3.54. The summed E-state index contributed by atoms with van der Waals surface area (Å²) < 4.78 is 17.9. The molecule has 0 fully saturated rings. The second-order valence-electron chi connectivity index (χ2n) is 7.00.